The minimum Gasteiger partial charge on any atom is -0.386 e. The molecule has 13 heavy (non-hydrogen) atoms. The Balaban J connectivity index is 2.22. The van der Waals surface area contributed by atoms with Crippen molar-refractivity contribution in [2.45, 2.75) is 25.4 Å². The van der Waals surface area contributed by atoms with Crippen LogP contribution in [0.15, 0.2) is 11.7 Å². The number of hydrogen-bond donors (Lipinski definition) is 1. The third-order valence-electron chi connectivity index (χ3n) is 2.71. The van der Waals surface area contributed by atoms with Crippen molar-refractivity contribution in [2.24, 2.45) is 5.41 Å². The van der Waals surface area contributed by atoms with E-state index in [-0.39, 0.29) is 0 Å². The molecule has 68 valence electrons. The number of aliphatic hydroxyl groups excluding tert-OH is 1. The van der Waals surface area contributed by atoms with E-state index in [1.807, 2.05) is 0 Å². The van der Waals surface area contributed by atoms with E-state index in [1.54, 1.807) is 11.7 Å². The first-order valence-electron chi connectivity index (χ1n) is 4.26. The van der Waals surface area contributed by atoms with Crippen LogP contribution in [0.25, 0.3) is 0 Å². The fraction of sp³-hybridized carbons (Fsp3) is 0.556. The Morgan fingerprint density at radius 1 is 1.69 bits per heavy atom. The molecule has 4 heteroatoms. The van der Waals surface area contributed by atoms with Crippen LogP contribution in [0.2, 0.25) is 0 Å². The van der Waals surface area contributed by atoms with E-state index in [4.69, 9.17) is 5.26 Å². The molecule has 1 saturated carbocycles. The monoisotopic (exact) mass is 194 g/mol. The molecule has 0 aliphatic heterocycles. The second-order valence-electron chi connectivity index (χ2n) is 3.43. The Hall–Kier alpha value is -0.920. The lowest BCUT2D eigenvalue weighted by atomic mass is 9.66. The molecule has 0 saturated heterocycles. The Labute approximate surface area is 80.7 Å². The number of aliphatic hydroxyl groups is 1. The zero-order chi connectivity index (χ0) is 9.31. The molecular formula is C9H10N2OS. The first-order valence-corrected chi connectivity index (χ1v) is 5.14. The quantitative estimate of drug-likeness (QED) is 0.781. The molecule has 1 atom stereocenters. The fourth-order valence-corrected chi connectivity index (χ4v) is 2.36. The van der Waals surface area contributed by atoms with E-state index in [1.165, 1.54) is 11.3 Å². The Morgan fingerprint density at radius 2 is 2.46 bits per heavy atom. The van der Waals surface area contributed by atoms with Gasteiger partial charge in [-0.15, -0.1) is 11.3 Å². The van der Waals surface area contributed by atoms with Crippen molar-refractivity contribution >= 4 is 11.3 Å². The summed E-state index contributed by atoms with van der Waals surface area (Å²) in [6.45, 7) is 0. The summed E-state index contributed by atoms with van der Waals surface area (Å²) in [5.74, 6) is 0. The van der Waals surface area contributed by atoms with Crippen molar-refractivity contribution in [3.8, 4) is 6.07 Å². The van der Waals surface area contributed by atoms with Crippen LogP contribution < -0.4 is 0 Å². The molecular weight excluding hydrogens is 184 g/mol. The van der Waals surface area contributed by atoms with Crippen LogP contribution in [0.4, 0.5) is 0 Å². The van der Waals surface area contributed by atoms with Gasteiger partial charge >= 0.3 is 0 Å². The Morgan fingerprint density at radius 3 is 2.85 bits per heavy atom. The average molecular weight is 194 g/mol. The van der Waals surface area contributed by atoms with E-state index in [0.29, 0.717) is 0 Å². The maximum atomic E-state index is 9.93. The highest BCUT2D eigenvalue weighted by molar-refractivity contribution is 7.09. The van der Waals surface area contributed by atoms with Crippen LogP contribution >= 0.6 is 11.3 Å². The van der Waals surface area contributed by atoms with E-state index < -0.39 is 11.5 Å². The Kier molecular flexibility index (Phi) is 2.06. The van der Waals surface area contributed by atoms with Gasteiger partial charge in [0.2, 0.25) is 0 Å². The van der Waals surface area contributed by atoms with Crippen LogP contribution in [0.1, 0.15) is 30.2 Å². The van der Waals surface area contributed by atoms with Crippen molar-refractivity contribution in [1.29, 1.82) is 5.26 Å². The molecule has 0 bridgehead atoms. The zero-order valence-electron chi connectivity index (χ0n) is 7.10. The number of aromatic nitrogens is 1. The van der Waals surface area contributed by atoms with Gasteiger partial charge in [0.25, 0.3) is 0 Å². The summed E-state index contributed by atoms with van der Waals surface area (Å²) in [5.41, 5.74) is 1.16. The number of rotatable bonds is 2. The summed E-state index contributed by atoms with van der Waals surface area (Å²) >= 11 is 1.41. The van der Waals surface area contributed by atoms with Crippen LogP contribution in [0.5, 0.6) is 0 Å². The molecule has 0 amide bonds. The number of hydrogen-bond acceptors (Lipinski definition) is 4. The summed E-state index contributed by atoms with van der Waals surface area (Å²) in [6, 6.07) is 2.23. The lowest BCUT2D eigenvalue weighted by Crippen LogP contribution is -2.34. The second-order valence-corrected chi connectivity index (χ2v) is 4.35. The van der Waals surface area contributed by atoms with Crippen molar-refractivity contribution in [3.05, 3.63) is 16.6 Å². The minimum absolute atomic E-state index is 0.521. The van der Waals surface area contributed by atoms with Crippen molar-refractivity contribution in [2.75, 3.05) is 0 Å². The topological polar surface area (TPSA) is 56.9 Å². The highest BCUT2D eigenvalue weighted by Gasteiger charge is 2.45. The van der Waals surface area contributed by atoms with E-state index in [0.717, 1.165) is 24.1 Å². The first kappa shape index (κ1) is 8.67. The average Bonchev–Trinajstić information content (AvgIpc) is 2.54. The molecule has 1 unspecified atom stereocenters. The maximum absolute atomic E-state index is 9.93. The molecule has 1 fully saturated rings. The van der Waals surface area contributed by atoms with Crippen LogP contribution in [-0.2, 0) is 0 Å². The predicted octanol–water partition coefficient (Wildman–Crippen LogP) is 1.87. The maximum Gasteiger partial charge on any atom is 0.108 e. The molecule has 0 radical (unpaired) electrons. The van der Waals surface area contributed by atoms with Crippen molar-refractivity contribution in [1.82, 2.24) is 4.98 Å². The summed E-state index contributed by atoms with van der Waals surface area (Å²) in [6.07, 6.45) is 3.67. The fourth-order valence-electron chi connectivity index (χ4n) is 1.64. The van der Waals surface area contributed by atoms with Gasteiger partial charge in [-0.05, 0) is 12.8 Å². The highest BCUT2D eigenvalue weighted by Crippen LogP contribution is 2.50. The first-order chi connectivity index (χ1) is 6.28. The molecule has 1 heterocycles. The van der Waals surface area contributed by atoms with Gasteiger partial charge in [-0.1, -0.05) is 6.42 Å². The SMILES string of the molecule is N#CC1(C(O)c2cncs2)CCC1. The largest absolute Gasteiger partial charge is 0.386 e. The predicted molar refractivity (Wildman–Crippen MR) is 49.0 cm³/mol. The smallest absolute Gasteiger partial charge is 0.108 e. The molecule has 1 N–H and O–H groups in total. The standard InChI is InChI=1S/C9H10N2OS/c10-5-9(2-1-3-9)8(12)7-4-11-6-13-7/h4,6,8,12H,1-3H2. The summed E-state index contributed by atoms with van der Waals surface area (Å²) in [4.78, 5) is 4.71. The third kappa shape index (κ3) is 1.25. The lowest BCUT2D eigenvalue weighted by Gasteiger charge is -2.38. The molecule has 1 aliphatic carbocycles. The van der Waals surface area contributed by atoms with Gasteiger partial charge in [0, 0.05) is 6.20 Å². The van der Waals surface area contributed by atoms with Crippen LogP contribution in [0.3, 0.4) is 0 Å². The molecule has 0 spiro atoms. The summed E-state index contributed by atoms with van der Waals surface area (Å²) in [5, 5.41) is 18.9. The van der Waals surface area contributed by atoms with Gasteiger partial charge in [0.05, 0.1) is 21.9 Å². The van der Waals surface area contributed by atoms with Gasteiger partial charge in [-0.3, -0.25) is 4.98 Å². The number of nitrogens with zero attached hydrogens (tertiary/aromatic N) is 2. The normalized spacial score (nSPS) is 21.5. The van der Waals surface area contributed by atoms with Crippen LogP contribution in [-0.4, -0.2) is 10.1 Å². The van der Waals surface area contributed by atoms with Gasteiger partial charge < -0.3 is 5.11 Å². The molecule has 3 nitrogen and oxygen atoms in total. The minimum atomic E-state index is -0.640. The van der Waals surface area contributed by atoms with E-state index in [2.05, 4.69) is 11.1 Å². The lowest BCUT2D eigenvalue weighted by molar-refractivity contribution is 0.0103. The van der Waals surface area contributed by atoms with E-state index in [9.17, 15) is 5.11 Å². The Bertz CT molecular complexity index is 324. The molecule has 1 aromatic heterocycles. The molecule has 1 aliphatic rings. The second kappa shape index (κ2) is 3.09. The molecule has 2 rings (SSSR count). The van der Waals surface area contributed by atoms with Gasteiger partial charge in [0.15, 0.2) is 0 Å². The van der Waals surface area contributed by atoms with Crippen molar-refractivity contribution < 1.29 is 5.11 Å². The summed E-state index contributed by atoms with van der Waals surface area (Å²) < 4.78 is 0. The highest BCUT2D eigenvalue weighted by atomic mass is 32.1. The van der Waals surface area contributed by atoms with Gasteiger partial charge in [0.1, 0.15) is 6.10 Å². The third-order valence-corrected chi connectivity index (χ3v) is 3.54. The summed E-state index contributed by atoms with van der Waals surface area (Å²) in [7, 11) is 0. The van der Waals surface area contributed by atoms with Gasteiger partial charge in [-0.2, -0.15) is 5.26 Å². The molecule has 1 aromatic rings. The van der Waals surface area contributed by atoms with Crippen molar-refractivity contribution in [3.63, 3.8) is 0 Å². The van der Waals surface area contributed by atoms with Gasteiger partial charge in [-0.25, -0.2) is 0 Å². The zero-order valence-corrected chi connectivity index (χ0v) is 7.92. The van der Waals surface area contributed by atoms with E-state index >= 15 is 0 Å². The number of nitriles is 1. The molecule has 0 aromatic carbocycles. The number of thiazole rings is 1. The van der Waals surface area contributed by atoms with Crippen LogP contribution in [0, 0.1) is 16.7 Å².